The van der Waals surface area contributed by atoms with Gasteiger partial charge in [-0.25, -0.2) is 9.97 Å². The molecule has 138 valence electrons. The molecule has 4 aromatic rings. The van der Waals surface area contributed by atoms with E-state index in [1.54, 1.807) is 18.7 Å². The molecule has 27 heavy (non-hydrogen) atoms. The first kappa shape index (κ1) is 16.0. The Bertz CT molecular complexity index is 1060. The van der Waals surface area contributed by atoms with Crippen molar-refractivity contribution >= 4 is 22.5 Å². The van der Waals surface area contributed by atoms with Gasteiger partial charge in [0.1, 0.15) is 17.3 Å². The summed E-state index contributed by atoms with van der Waals surface area (Å²) in [6.45, 7) is 3.62. The van der Waals surface area contributed by atoms with Gasteiger partial charge in [0.25, 0.3) is 0 Å². The second-order valence-corrected chi connectivity index (χ2v) is 6.59. The van der Waals surface area contributed by atoms with Gasteiger partial charge in [-0.15, -0.1) is 0 Å². The van der Waals surface area contributed by atoms with Crippen molar-refractivity contribution in [3.8, 4) is 11.4 Å². The molecule has 5 rings (SSSR count). The van der Waals surface area contributed by atoms with E-state index in [9.17, 15) is 0 Å². The molecule has 1 aliphatic heterocycles. The molecule has 0 spiro atoms. The van der Waals surface area contributed by atoms with Gasteiger partial charge in [-0.1, -0.05) is 0 Å². The smallest absolute Gasteiger partial charge is 0.165 e. The number of fused-ring (bicyclic) bond motifs is 1. The number of aromatic nitrogens is 6. The first-order valence-corrected chi connectivity index (χ1v) is 8.92. The molecular formula is C18H19N7O2. The summed E-state index contributed by atoms with van der Waals surface area (Å²) >= 11 is 0. The van der Waals surface area contributed by atoms with Gasteiger partial charge >= 0.3 is 0 Å². The highest BCUT2D eigenvalue weighted by Gasteiger charge is 2.20. The molecule has 0 saturated carbocycles. The zero-order valence-corrected chi connectivity index (χ0v) is 14.8. The molecule has 9 nitrogen and oxygen atoms in total. The minimum absolute atomic E-state index is 0.369. The Balaban J connectivity index is 1.51. The molecule has 0 bridgehead atoms. The number of hydrogen-bond acceptors (Lipinski definition) is 7. The number of nitrogens with one attached hydrogen (secondary N) is 2. The van der Waals surface area contributed by atoms with Crippen molar-refractivity contribution < 1.29 is 9.15 Å². The van der Waals surface area contributed by atoms with Gasteiger partial charge < -0.3 is 14.5 Å². The number of ether oxygens (including phenoxy) is 1. The zero-order chi connectivity index (χ0) is 18.2. The molecule has 5 heterocycles. The van der Waals surface area contributed by atoms with Crippen LogP contribution in [0.2, 0.25) is 0 Å². The van der Waals surface area contributed by atoms with E-state index in [-0.39, 0.29) is 0 Å². The van der Waals surface area contributed by atoms with E-state index in [0.29, 0.717) is 17.7 Å². The number of hydrogen-bond donors (Lipinski definition) is 2. The second-order valence-electron chi connectivity index (χ2n) is 6.59. The van der Waals surface area contributed by atoms with Crippen LogP contribution in [-0.4, -0.2) is 43.2 Å². The number of H-pyrrole nitrogens is 1. The molecule has 9 heteroatoms. The second kappa shape index (κ2) is 6.51. The molecule has 4 aromatic heterocycles. The fourth-order valence-electron chi connectivity index (χ4n) is 3.42. The summed E-state index contributed by atoms with van der Waals surface area (Å²) in [7, 11) is 0. The first-order valence-electron chi connectivity index (χ1n) is 8.92. The van der Waals surface area contributed by atoms with Crippen molar-refractivity contribution in [3.63, 3.8) is 0 Å². The van der Waals surface area contributed by atoms with E-state index in [1.807, 2.05) is 12.3 Å². The van der Waals surface area contributed by atoms with Gasteiger partial charge in [-0.05, 0) is 25.8 Å². The zero-order valence-electron chi connectivity index (χ0n) is 14.8. The Morgan fingerprint density at radius 1 is 1.22 bits per heavy atom. The number of aromatic amines is 1. The van der Waals surface area contributed by atoms with Crippen LogP contribution in [-0.2, 0) is 4.74 Å². The maximum absolute atomic E-state index is 5.46. The number of nitrogens with zero attached hydrogens (tertiary/aromatic N) is 5. The SMILES string of the molecule is Cc1c(Nc2nc(-c3ccoc3)nc3cn[nH]c23)cnn1C1CCOCC1. The summed E-state index contributed by atoms with van der Waals surface area (Å²) in [5.74, 6) is 1.23. The quantitative estimate of drug-likeness (QED) is 0.572. The van der Waals surface area contributed by atoms with Crippen LogP contribution in [0.25, 0.3) is 22.4 Å². The number of furan rings is 1. The molecule has 2 N–H and O–H groups in total. The molecule has 0 aliphatic carbocycles. The summed E-state index contributed by atoms with van der Waals surface area (Å²) in [4.78, 5) is 9.20. The van der Waals surface area contributed by atoms with E-state index in [1.165, 1.54) is 0 Å². The van der Waals surface area contributed by atoms with E-state index < -0.39 is 0 Å². The van der Waals surface area contributed by atoms with Gasteiger partial charge in [0.05, 0.1) is 41.6 Å². The average molecular weight is 365 g/mol. The van der Waals surface area contributed by atoms with Gasteiger partial charge in [-0.2, -0.15) is 10.2 Å². The monoisotopic (exact) mass is 365 g/mol. The first-order chi connectivity index (χ1) is 13.3. The largest absolute Gasteiger partial charge is 0.472 e. The van der Waals surface area contributed by atoms with Crippen molar-refractivity contribution in [2.45, 2.75) is 25.8 Å². The third-order valence-corrected chi connectivity index (χ3v) is 4.91. The van der Waals surface area contributed by atoms with Crippen molar-refractivity contribution in [2.75, 3.05) is 18.5 Å². The van der Waals surface area contributed by atoms with Crippen LogP contribution in [0.15, 0.2) is 35.4 Å². The number of rotatable bonds is 4. The Hall–Kier alpha value is -3.20. The topological polar surface area (TPSA) is 107 Å². The molecule has 0 atom stereocenters. The lowest BCUT2D eigenvalue weighted by Gasteiger charge is -2.23. The van der Waals surface area contributed by atoms with Crippen molar-refractivity contribution in [1.82, 2.24) is 29.9 Å². The minimum Gasteiger partial charge on any atom is -0.472 e. The van der Waals surface area contributed by atoms with Crippen LogP contribution in [0, 0.1) is 6.92 Å². The summed E-state index contributed by atoms with van der Waals surface area (Å²) in [6.07, 6.45) is 8.71. The summed E-state index contributed by atoms with van der Waals surface area (Å²) in [5.41, 5.74) is 4.28. The van der Waals surface area contributed by atoms with Crippen LogP contribution in [0.4, 0.5) is 11.5 Å². The fourth-order valence-corrected chi connectivity index (χ4v) is 3.42. The van der Waals surface area contributed by atoms with E-state index in [4.69, 9.17) is 9.15 Å². The molecule has 0 radical (unpaired) electrons. The highest BCUT2D eigenvalue weighted by atomic mass is 16.5. The van der Waals surface area contributed by atoms with Crippen LogP contribution in [0.1, 0.15) is 24.6 Å². The summed E-state index contributed by atoms with van der Waals surface area (Å²) < 4.78 is 12.7. The van der Waals surface area contributed by atoms with Gasteiger partial charge in [0.15, 0.2) is 11.6 Å². The molecule has 1 aliphatic rings. The normalized spacial score (nSPS) is 15.4. The molecular weight excluding hydrogens is 346 g/mol. The van der Waals surface area contributed by atoms with Crippen LogP contribution >= 0.6 is 0 Å². The Labute approximate surface area is 154 Å². The third kappa shape index (κ3) is 2.85. The minimum atomic E-state index is 0.369. The van der Waals surface area contributed by atoms with Crippen LogP contribution in [0.5, 0.6) is 0 Å². The highest BCUT2D eigenvalue weighted by molar-refractivity contribution is 5.88. The number of anilines is 2. The van der Waals surface area contributed by atoms with E-state index in [2.05, 4.69) is 42.2 Å². The molecule has 0 unspecified atom stereocenters. The third-order valence-electron chi connectivity index (χ3n) is 4.91. The van der Waals surface area contributed by atoms with Gasteiger partial charge in [0.2, 0.25) is 0 Å². The standard InChI is InChI=1S/C18H19N7O2/c1-11-14(9-20-25(11)13-3-6-26-7-4-13)21-18-16-15(8-19-24-16)22-17(23-18)12-2-5-27-10-12/h2,5,8-10,13H,3-4,6-7H2,1H3,(H,19,24)(H,21,22,23). The predicted octanol–water partition coefficient (Wildman–Crippen LogP) is 3.21. The fraction of sp³-hybridized carbons (Fsp3) is 0.333. The van der Waals surface area contributed by atoms with Crippen molar-refractivity contribution in [2.24, 2.45) is 0 Å². The molecule has 0 amide bonds. The average Bonchev–Trinajstić information content (AvgIpc) is 3.44. The van der Waals surface area contributed by atoms with Crippen LogP contribution < -0.4 is 5.32 Å². The lowest BCUT2D eigenvalue weighted by Crippen LogP contribution is -2.21. The Morgan fingerprint density at radius 3 is 2.93 bits per heavy atom. The lowest BCUT2D eigenvalue weighted by molar-refractivity contribution is 0.0657. The Morgan fingerprint density at radius 2 is 2.11 bits per heavy atom. The molecule has 1 saturated heterocycles. The van der Waals surface area contributed by atoms with E-state index in [0.717, 1.165) is 54.0 Å². The van der Waals surface area contributed by atoms with Gasteiger partial charge in [0, 0.05) is 13.2 Å². The van der Waals surface area contributed by atoms with E-state index >= 15 is 0 Å². The van der Waals surface area contributed by atoms with Crippen molar-refractivity contribution in [1.29, 1.82) is 0 Å². The van der Waals surface area contributed by atoms with Crippen LogP contribution in [0.3, 0.4) is 0 Å². The highest BCUT2D eigenvalue weighted by Crippen LogP contribution is 2.29. The lowest BCUT2D eigenvalue weighted by atomic mass is 10.1. The maximum Gasteiger partial charge on any atom is 0.165 e. The maximum atomic E-state index is 5.46. The van der Waals surface area contributed by atoms with Crippen molar-refractivity contribution in [3.05, 3.63) is 36.7 Å². The predicted molar refractivity (Wildman–Crippen MR) is 98.7 cm³/mol. The van der Waals surface area contributed by atoms with Gasteiger partial charge in [-0.3, -0.25) is 9.78 Å². The molecule has 0 aromatic carbocycles. The summed E-state index contributed by atoms with van der Waals surface area (Å²) in [5, 5.41) is 15.1. The molecule has 1 fully saturated rings. The Kier molecular flexibility index (Phi) is 3.86. The summed E-state index contributed by atoms with van der Waals surface area (Å²) in [6, 6.07) is 2.20.